The van der Waals surface area contributed by atoms with E-state index in [2.05, 4.69) is 4.74 Å². The van der Waals surface area contributed by atoms with E-state index < -0.39 is 9.95 Å². The number of rotatable bonds is 4. The second-order valence-electron chi connectivity index (χ2n) is 4.20. The average molecular weight is 333 g/mol. The molecule has 1 rings (SSSR count). The first kappa shape index (κ1) is 16.7. The van der Waals surface area contributed by atoms with E-state index in [0.29, 0.717) is 13.0 Å². The maximum Gasteiger partial charge on any atom is 0.508 e. The predicted molar refractivity (Wildman–Crippen MR) is 72.6 cm³/mol. The topological polar surface area (TPSA) is 55.8 Å². The zero-order valence-corrected chi connectivity index (χ0v) is 12.8. The number of carbonyl (C=O) groups excluding carboxylic acids is 2. The number of hydrogen-bond acceptors (Lipinski definition) is 4. The van der Waals surface area contributed by atoms with Gasteiger partial charge in [0.1, 0.15) is 13.2 Å². The van der Waals surface area contributed by atoms with Crippen LogP contribution in [0.25, 0.3) is 0 Å². The van der Waals surface area contributed by atoms with Gasteiger partial charge in [-0.3, -0.25) is 4.79 Å². The first-order valence-corrected chi connectivity index (χ1v) is 7.12. The molecule has 1 amide bonds. The molecule has 0 saturated carbocycles. The SMILES string of the molecule is CCC(=O)N1CCC[C@@H]1COC(=O)OCC(Cl)(Cl)Cl. The van der Waals surface area contributed by atoms with Gasteiger partial charge in [0.2, 0.25) is 9.70 Å². The lowest BCUT2D eigenvalue weighted by Crippen LogP contribution is -2.38. The van der Waals surface area contributed by atoms with Crippen molar-refractivity contribution < 1.29 is 19.1 Å². The van der Waals surface area contributed by atoms with Gasteiger partial charge in [0.25, 0.3) is 0 Å². The van der Waals surface area contributed by atoms with Gasteiger partial charge in [0.05, 0.1) is 6.04 Å². The molecule has 0 aromatic heterocycles. The molecule has 0 spiro atoms. The van der Waals surface area contributed by atoms with Crippen LogP contribution in [-0.4, -0.2) is 46.6 Å². The van der Waals surface area contributed by atoms with Crippen LogP contribution < -0.4 is 0 Å². The number of hydrogen-bond donors (Lipinski definition) is 0. The number of carbonyl (C=O) groups is 2. The number of nitrogens with zero attached hydrogens (tertiary/aromatic N) is 1. The molecular weight excluding hydrogens is 316 g/mol. The van der Waals surface area contributed by atoms with E-state index >= 15 is 0 Å². The number of ether oxygens (including phenoxy) is 2. The molecule has 0 N–H and O–H groups in total. The molecule has 1 atom stereocenters. The summed E-state index contributed by atoms with van der Waals surface area (Å²) in [5.74, 6) is 0.0563. The van der Waals surface area contributed by atoms with Crippen LogP contribution in [0.4, 0.5) is 4.79 Å². The Morgan fingerprint density at radius 2 is 2.00 bits per heavy atom. The summed E-state index contributed by atoms with van der Waals surface area (Å²) in [6, 6.07) is -0.0900. The molecule has 0 aliphatic carbocycles. The zero-order valence-electron chi connectivity index (χ0n) is 10.5. The minimum absolute atomic E-state index is 0.0563. The largest absolute Gasteiger partial charge is 0.508 e. The summed E-state index contributed by atoms with van der Waals surface area (Å²) >= 11 is 16.3. The summed E-state index contributed by atoms with van der Waals surface area (Å²) in [5.41, 5.74) is 0. The van der Waals surface area contributed by atoms with Crippen molar-refractivity contribution in [3.63, 3.8) is 0 Å². The van der Waals surface area contributed by atoms with Crippen molar-refractivity contribution in [1.29, 1.82) is 0 Å². The highest BCUT2D eigenvalue weighted by Gasteiger charge is 2.29. The van der Waals surface area contributed by atoms with Gasteiger partial charge in [0.15, 0.2) is 0 Å². The molecule has 1 aliphatic rings. The number of amides is 1. The summed E-state index contributed by atoms with van der Waals surface area (Å²) in [6.07, 6.45) is 1.25. The van der Waals surface area contributed by atoms with Crippen LogP contribution in [0.2, 0.25) is 0 Å². The van der Waals surface area contributed by atoms with E-state index in [1.54, 1.807) is 11.8 Å². The third-order valence-corrected chi connectivity index (χ3v) is 3.07. The summed E-state index contributed by atoms with van der Waals surface area (Å²) in [6.45, 7) is 2.22. The molecular formula is C11H16Cl3NO4. The summed E-state index contributed by atoms with van der Waals surface area (Å²) in [5, 5.41) is 0. The second-order valence-corrected chi connectivity index (χ2v) is 6.72. The maximum atomic E-state index is 11.6. The zero-order chi connectivity index (χ0) is 14.5. The highest BCUT2D eigenvalue weighted by Crippen LogP contribution is 2.26. The van der Waals surface area contributed by atoms with Gasteiger partial charge in [-0.2, -0.15) is 0 Å². The Hall–Kier alpha value is -0.390. The molecule has 1 aliphatic heterocycles. The maximum absolute atomic E-state index is 11.6. The molecule has 110 valence electrons. The van der Waals surface area contributed by atoms with Crippen LogP contribution in [0.5, 0.6) is 0 Å². The third-order valence-electron chi connectivity index (χ3n) is 2.75. The van der Waals surface area contributed by atoms with Crippen LogP contribution in [0.1, 0.15) is 26.2 Å². The van der Waals surface area contributed by atoms with Gasteiger partial charge in [-0.25, -0.2) is 4.79 Å². The van der Waals surface area contributed by atoms with E-state index in [1.807, 2.05) is 0 Å². The minimum atomic E-state index is -1.66. The van der Waals surface area contributed by atoms with Crippen LogP contribution >= 0.6 is 34.8 Å². The van der Waals surface area contributed by atoms with Crippen molar-refractivity contribution in [3.05, 3.63) is 0 Å². The van der Waals surface area contributed by atoms with E-state index in [4.69, 9.17) is 39.5 Å². The van der Waals surface area contributed by atoms with Crippen molar-refractivity contribution in [2.45, 2.75) is 36.0 Å². The number of likely N-dealkylation sites (tertiary alicyclic amines) is 1. The van der Waals surface area contributed by atoms with Crippen molar-refractivity contribution >= 4 is 46.9 Å². The lowest BCUT2D eigenvalue weighted by Gasteiger charge is -2.23. The summed E-state index contributed by atoms with van der Waals surface area (Å²) in [4.78, 5) is 24.6. The van der Waals surface area contributed by atoms with Crippen LogP contribution in [-0.2, 0) is 14.3 Å². The number of alkyl halides is 3. The van der Waals surface area contributed by atoms with Crippen molar-refractivity contribution in [2.75, 3.05) is 19.8 Å². The lowest BCUT2D eigenvalue weighted by molar-refractivity contribution is -0.132. The normalized spacial score (nSPS) is 19.4. The molecule has 0 radical (unpaired) electrons. The molecule has 1 heterocycles. The van der Waals surface area contributed by atoms with Crippen LogP contribution in [0.3, 0.4) is 0 Å². The first-order valence-electron chi connectivity index (χ1n) is 5.99. The van der Waals surface area contributed by atoms with Gasteiger partial charge >= 0.3 is 6.16 Å². The molecule has 8 heteroatoms. The quantitative estimate of drug-likeness (QED) is 0.587. The Morgan fingerprint density at radius 3 is 2.58 bits per heavy atom. The summed E-state index contributed by atoms with van der Waals surface area (Å²) in [7, 11) is 0. The van der Waals surface area contributed by atoms with Crippen LogP contribution in [0, 0.1) is 0 Å². The van der Waals surface area contributed by atoms with E-state index in [1.165, 1.54) is 0 Å². The fourth-order valence-electron chi connectivity index (χ4n) is 1.89. The standard InChI is InChI=1S/C11H16Cl3NO4/c1-2-9(16)15-5-3-4-8(15)6-18-10(17)19-7-11(12,13)14/h8H,2-7H2,1H3/t8-/m1/s1. The molecule has 0 bridgehead atoms. The Morgan fingerprint density at radius 1 is 1.32 bits per heavy atom. The molecule has 1 fully saturated rings. The molecule has 0 aromatic rings. The Balaban J connectivity index is 2.31. The Bertz CT molecular complexity index is 332. The van der Waals surface area contributed by atoms with Crippen LogP contribution in [0.15, 0.2) is 0 Å². The average Bonchev–Trinajstić information content (AvgIpc) is 2.80. The number of halogens is 3. The van der Waals surface area contributed by atoms with Gasteiger partial charge in [-0.05, 0) is 12.8 Å². The van der Waals surface area contributed by atoms with E-state index in [0.717, 1.165) is 12.8 Å². The van der Waals surface area contributed by atoms with Gasteiger partial charge in [0, 0.05) is 13.0 Å². The minimum Gasteiger partial charge on any atom is -0.432 e. The second kappa shape index (κ2) is 7.41. The highest BCUT2D eigenvalue weighted by atomic mass is 35.6. The lowest BCUT2D eigenvalue weighted by atomic mass is 10.2. The van der Waals surface area contributed by atoms with Gasteiger partial charge in [-0.15, -0.1) is 0 Å². The van der Waals surface area contributed by atoms with E-state index in [9.17, 15) is 9.59 Å². The van der Waals surface area contributed by atoms with Gasteiger partial charge in [-0.1, -0.05) is 41.7 Å². The van der Waals surface area contributed by atoms with E-state index in [-0.39, 0.29) is 25.2 Å². The fraction of sp³-hybridized carbons (Fsp3) is 0.818. The Kier molecular flexibility index (Phi) is 6.50. The monoisotopic (exact) mass is 331 g/mol. The molecule has 0 aromatic carbocycles. The first-order chi connectivity index (χ1) is 8.83. The highest BCUT2D eigenvalue weighted by molar-refractivity contribution is 6.67. The third kappa shape index (κ3) is 6.06. The fourth-order valence-corrected chi connectivity index (χ4v) is 2.05. The smallest absolute Gasteiger partial charge is 0.432 e. The summed E-state index contributed by atoms with van der Waals surface area (Å²) < 4.78 is 7.89. The molecule has 1 saturated heterocycles. The van der Waals surface area contributed by atoms with Crippen molar-refractivity contribution in [1.82, 2.24) is 4.90 Å². The Labute approximate surface area is 127 Å². The molecule has 0 unspecified atom stereocenters. The predicted octanol–water partition coefficient (Wildman–Crippen LogP) is 2.91. The molecule has 5 nitrogen and oxygen atoms in total. The van der Waals surface area contributed by atoms with Crippen molar-refractivity contribution in [3.8, 4) is 0 Å². The van der Waals surface area contributed by atoms with Crippen molar-refractivity contribution in [2.24, 2.45) is 0 Å². The molecule has 19 heavy (non-hydrogen) atoms. The van der Waals surface area contributed by atoms with Gasteiger partial charge < -0.3 is 14.4 Å².